The number of hydrogen-bond acceptors (Lipinski definition) is 3. The fraction of sp³-hybridized carbons (Fsp3) is 0.692. The average Bonchev–Trinajstić information content (AvgIpc) is 2.66. The zero-order valence-corrected chi connectivity index (χ0v) is 12.1. The molecule has 0 radical (unpaired) electrons. The molecule has 0 spiro atoms. The standard InChI is InChI=1S/C13H21N3OS/c1-9-6-4-5-7-16(9)12(17)8-18-13-14-10(2)11(3)15-13/h9H,4-8H2,1-3H3,(H,14,15). The van der Waals surface area contributed by atoms with Crippen LogP contribution in [0.4, 0.5) is 0 Å². The van der Waals surface area contributed by atoms with Gasteiger partial charge in [-0.2, -0.15) is 0 Å². The number of H-pyrrole nitrogens is 1. The molecule has 0 aromatic carbocycles. The summed E-state index contributed by atoms with van der Waals surface area (Å²) in [4.78, 5) is 21.7. The molecule has 1 aliphatic rings. The molecule has 1 amide bonds. The fourth-order valence-corrected chi connectivity index (χ4v) is 3.12. The average molecular weight is 267 g/mol. The number of likely N-dealkylation sites (tertiary alicyclic amines) is 1. The van der Waals surface area contributed by atoms with E-state index < -0.39 is 0 Å². The first-order valence-corrected chi connectivity index (χ1v) is 7.52. The van der Waals surface area contributed by atoms with Crippen LogP contribution in [0.3, 0.4) is 0 Å². The van der Waals surface area contributed by atoms with Crippen molar-refractivity contribution in [3.8, 4) is 0 Å². The molecule has 1 unspecified atom stereocenters. The van der Waals surface area contributed by atoms with Crippen LogP contribution in [0.15, 0.2) is 5.16 Å². The molecule has 1 aliphatic heterocycles. The van der Waals surface area contributed by atoms with Gasteiger partial charge < -0.3 is 9.88 Å². The fourth-order valence-electron chi connectivity index (χ4n) is 2.26. The van der Waals surface area contributed by atoms with Crippen LogP contribution >= 0.6 is 11.8 Å². The Kier molecular flexibility index (Phi) is 4.32. The van der Waals surface area contributed by atoms with Gasteiger partial charge in [-0.25, -0.2) is 4.98 Å². The van der Waals surface area contributed by atoms with Gasteiger partial charge in [0.05, 0.1) is 11.4 Å². The van der Waals surface area contributed by atoms with Crippen molar-refractivity contribution in [3.05, 3.63) is 11.4 Å². The Morgan fingerprint density at radius 1 is 1.50 bits per heavy atom. The number of nitrogens with one attached hydrogen (secondary N) is 1. The highest BCUT2D eigenvalue weighted by atomic mass is 32.2. The maximum absolute atomic E-state index is 12.1. The van der Waals surface area contributed by atoms with Crippen LogP contribution in [-0.2, 0) is 4.79 Å². The van der Waals surface area contributed by atoms with Crippen molar-refractivity contribution in [3.63, 3.8) is 0 Å². The highest BCUT2D eigenvalue weighted by Gasteiger charge is 2.23. The van der Waals surface area contributed by atoms with Gasteiger partial charge in [0.1, 0.15) is 0 Å². The third-order valence-electron chi connectivity index (χ3n) is 3.56. The number of imidazole rings is 1. The van der Waals surface area contributed by atoms with E-state index in [9.17, 15) is 4.79 Å². The largest absolute Gasteiger partial charge is 0.339 e. The molecule has 4 nitrogen and oxygen atoms in total. The van der Waals surface area contributed by atoms with Crippen molar-refractivity contribution in [1.82, 2.24) is 14.9 Å². The Hall–Kier alpha value is -0.970. The Morgan fingerprint density at radius 2 is 2.28 bits per heavy atom. The van der Waals surface area contributed by atoms with Gasteiger partial charge in [-0.05, 0) is 40.0 Å². The van der Waals surface area contributed by atoms with Crippen LogP contribution in [-0.4, -0.2) is 39.1 Å². The normalized spacial score (nSPS) is 20.2. The molecule has 18 heavy (non-hydrogen) atoms. The van der Waals surface area contributed by atoms with Gasteiger partial charge in [-0.1, -0.05) is 11.8 Å². The summed E-state index contributed by atoms with van der Waals surface area (Å²) in [7, 11) is 0. The van der Waals surface area contributed by atoms with E-state index in [1.807, 2.05) is 18.7 Å². The number of hydrogen-bond donors (Lipinski definition) is 1. The number of rotatable bonds is 3. The summed E-state index contributed by atoms with van der Waals surface area (Å²) in [5.74, 6) is 0.718. The molecule has 0 bridgehead atoms. The van der Waals surface area contributed by atoms with Gasteiger partial charge in [-0.3, -0.25) is 4.79 Å². The molecule has 1 atom stereocenters. The van der Waals surface area contributed by atoms with Crippen LogP contribution in [0.1, 0.15) is 37.6 Å². The molecule has 1 N–H and O–H groups in total. The number of aryl methyl sites for hydroxylation is 2. The second-order valence-corrected chi connectivity index (χ2v) is 5.94. The lowest BCUT2D eigenvalue weighted by Gasteiger charge is -2.33. The lowest BCUT2D eigenvalue weighted by atomic mass is 10.0. The number of piperidine rings is 1. The van der Waals surface area contributed by atoms with E-state index in [2.05, 4.69) is 16.9 Å². The molecule has 100 valence electrons. The number of nitrogens with zero attached hydrogens (tertiary/aromatic N) is 2. The zero-order valence-electron chi connectivity index (χ0n) is 11.3. The quantitative estimate of drug-likeness (QED) is 0.856. The molecule has 1 fully saturated rings. The van der Waals surface area contributed by atoms with Crippen LogP contribution in [0.5, 0.6) is 0 Å². The van der Waals surface area contributed by atoms with Crippen molar-refractivity contribution >= 4 is 17.7 Å². The van der Waals surface area contributed by atoms with Gasteiger partial charge in [0.25, 0.3) is 0 Å². The van der Waals surface area contributed by atoms with E-state index in [1.165, 1.54) is 18.2 Å². The summed E-state index contributed by atoms with van der Waals surface area (Å²) in [6, 6.07) is 0.395. The SMILES string of the molecule is Cc1nc(SCC(=O)N2CCCCC2C)[nH]c1C. The highest BCUT2D eigenvalue weighted by molar-refractivity contribution is 7.99. The van der Waals surface area contributed by atoms with Gasteiger partial charge in [-0.15, -0.1) is 0 Å². The number of carbonyl (C=O) groups is 1. The molecule has 2 rings (SSSR count). The minimum absolute atomic E-state index is 0.235. The van der Waals surface area contributed by atoms with Crippen LogP contribution in [0, 0.1) is 13.8 Å². The maximum atomic E-state index is 12.1. The Balaban J connectivity index is 1.87. The molecule has 2 heterocycles. The molecular formula is C13H21N3OS. The third-order valence-corrected chi connectivity index (χ3v) is 4.42. The van der Waals surface area contributed by atoms with Crippen LogP contribution < -0.4 is 0 Å². The van der Waals surface area contributed by atoms with E-state index in [-0.39, 0.29) is 5.91 Å². The lowest BCUT2D eigenvalue weighted by molar-refractivity contribution is -0.131. The smallest absolute Gasteiger partial charge is 0.233 e. The summed E-state index contributed by atoms with van der Waals surface area (Å²) in [6.07, 6.45) is 3.52. The molecule has 1 aromatic heterocycles. The minimum Gasteiger partial charge on any atom is -0.339 e. The Labute approximate surface area is 113 Å². The second-order valence-electron chi connectivity index (χ2n) is 4.97. The number of carbonyl (C=O) groups excluding carboxylic acids is 1. The van der Waals surface area contributed by atoms with Gasteiger partial charge >= 0.3 is 0 Å². The molecule has 5 heteroatoms. The van der Waals surface area contributed by atoms with Crippen molar-refractivity contribution in [2.75, 3.05) is 12.3 Å². The van der Waals surface area contributed by atoms with Gasteiger partial charge in [0, 0.05) is 18.3 Å². The highest BCUT2D eigenvalue weighted by Crippen LogP contribution is 2.20. The molecule has 0 aliphatic carbocycles. The first-order valence-electron chi connectivity index (χ1n) is 6.53. The molecule has 1 saturated heterocycles. The predicted octanol–water partition coefficient (Wildman–Crippen LogP) is 2.52. The van der Waals surface area contributed by atoms with Crippen molar-refractivity contribution in [2.45, 2.75) is 51.2 Å². The first kappa shape index (κ1) is 13.5. The summed E-state index contributed by atoms with van der Waals surface area (Å²) in [5, 5.41) is 0.850. The molecule has 1 aromatic rings. The summed E-state index contributed by atoms with van der Waals surface area (Å²) < 4.78 is 0. The maximum Gasteiger partial charge on any atom is 0.233 e. The number of thioether (sulfide) groups is 1. The third kappa shape index (κ3) is 3.07. The van der Waals surface area contributed by atoms with Gasteiger partial charge in [0.2, 0.25) is 5.91 Å². The van der Waals surface area contributed by atoms with Crippen molar-refractivity contribution in [2.24, 2.45) is 0 Å². The first-order chi connectivity index (χ1) is 8.58. The summed E-state index contributed by atoms with van der Waals surface area (Å²) >= 11 is 1.50. The van der Waals surface area contributed by atoms with E-state index in [0.717, 1.165) is 35.9 Å². The van der Waals surface area contributed by atoms with E-state index in [1.54, 1.807) is 0 Å². The van der Waals surface area contributed by atoms with Gasteiger partial charge in [0.15, 0.2) is 5.16 Å². The number of aromatic amines is 1. The second kappa shape index (κ2) is 5.78. The topological polar surface area (TPSA) is 49.0 Å². The van der Waals surface area contributed by atoms with E-state index in [0.29, 0.717) is 11.8 Å². The number of aromatic nitrogens is 2. The Morgan fingerprint density at radius 3 is 2.89 bits per heavy atom. The van der Waals surface area contributed by atoms with Crippen LogP contribution in [0.25, 0.3) is 0 Å². The predicted molar refractivity (Wildman–Crippen MR) is 73.8 cm³/mol. The van der Waals surface area contributed by atoms with Crippen LogP contribution in [0.2, 0.25) is 0 Å². The molecule has 0 saturated carbocycles. The molecular weight excluding hydrogens is 246 g/mol. The Bertz CT molecular complexity index is 410. The minimum atomic E-state index is 0.235. The van der Waals surface area contributed by atoms with E-state index in [4.69, 9.17) is 0 Å². The van der Waals surface area contributed by atoms with Crippen molar-refractivity contribution < 1.29 is 4.79 Å². The zero-order chi connectivity index (χ0) is 13.1. The summed E-state index contributed by atoms with van der Waals surface area (Å²) in [6.45, 7) is 7.03. The summed E-state index contributed by atoms with van der Waals surface area (Å²) in [5.41, 5.74) is 2.09. The van der Waals surface area contributed by atoms with E-state index >= 15 is 0 Å². The monoisotopic (exact) mass is 267 g/mol. The number of amides is 1. The lowest BCUT2D eigenvalue weighted by Crippen LogP contribution is -2.42. The van der Waals surface area contributed by atoms with Crippen molar-refractivity contribution in [1.29, 1.82) is 0 Å².